The van der Waals surface area contributed by atoms with E-state index in [1.807, 2.05) is 53.2 Å². The van der Waals surface area contributed by atoms with Crippen LogP contribution in [-0.4, -0.2) is 60.2 Å². The summed E-state index contributed by atoms with van der Waals surface area (Å²) in [6, 6.07) is 22.4. The number of hydrogen-bond donors (Lipinski definition) is 2. The SMILES string of the molecule is COCCOc1ccc(C(=O)Nc2cc(-c3nc4ccccc4[nH]3)n(Cc3ccc(OC)cc3)n2)cc1OC. The normalized spacial score (nSPS) is 10.9. The molecule has 10 nitrogen and oxygen atoms in total. The molecule has 0 aliphatic heterocycles. The Kier molecular flexibility index (Phi) is 7.74. The monoisotopic (exact) mass is 527 g/mol. The third-order valence-electron chi connectivity index (χ3n) is 6.12. The first-order chi connectivity index (χ1) is 19.1. The van der Waals surface area contributed by atoms with Crippen LogP contribution in [0.1, 0.15) is 15.9 Å². The van der Waals surface area contributed by atoms with Gasteiger partial charge in [-0.15, -0.1) is 0 Å². The van der Waals surface area contributed by atoms with E-state index in [1.165, 1.54) is 7.11 Å². The standard InChI is InChI=1S/C29H29N5O5/c1-36-14-15-39-25-13-10-20(16-26(25)38-3)29(35)32-27-17-24(28-30-22-6-4-5-7-23(22)31-28)34(33-27)18-19-8-11-21(37-2)12-9-19/h4-13,16-17H,14-15,18H2,1-3H3,(H,30,31)(H,32,33,35). The van der Waals surface area contributed by atoms with Crippen molar-refractivity contribution < 1.29 is 23.7 Å². The van der Waals surface area contributed by atoms with Gasteiger partial charge in [-0.05, 0) is 48.0 Å². The number of fused-ring (bicyclic) bond motifs is 1. The molecule has 2 heterocycles. The number of nitrogens with one attached hydrogen (secondary N) is 2. The third kappa shape index (κ3) is 5.86. The fourth-order valence-electron chi connectivity index (χ4n) is 4.12. The number of rotatable bonds is 11. The summed E-state index contributed by atoms with van der Waals surface area (Å²) in [6.45, 7) is 1.28. The van der Waals surface area contributed by atoms with Gasteiger partial charge in [-0.2, -0.15) is 5.10 Å². The lowest BCUT2D eigenvalue weighted by Crippen LogP contribution is -2.13. The van der Waals surface area contributed by atoms with E-state index in [1.54, 1.807) is 38.5 Å². The second kappa shape index (κ2) is 11.7. The number of aromatic amines is 1. The van der Waals surface area contributed by atoms with Crippen LogP contribution in [0.15, 0.2) is 72.8 Å². The highest BCUT2D eigenvalue weighted by atomic mass is 16.5. The smallest absolute Gasteiger partial charge is 0.257 e. The van der Waals surface area contributed by atoms with E-state index in [-0.39, 0.29) is 5.91 Å². The maximum atomic E-state index is 13.2. The first kappa shape index (κ1) is 25.8. The van der Waals surface area contributed by atoms with E-state index in [0.29, 0.717) is 48.5 Å². The Balaban J connectivity index is 1.43. The maximum absolute atomic E-state index is 13.2. The van der Waals surface area contributed by atoms with Gasteiger partial charge < -0.3 is 29.2 Å². The number of H-pyrrole nitrogens is 1. The predicted octanol–water partition coefficient (Wildman–Crippen LogP) is 4.77. The molecule has 0 radical (unpaired) electrons. The van der Waals surface area contributed by atoms with E-state index in [4.69, 9.17) is 29.0 Å². The highest BCUT2D eigenvalue weighted by molar-refractivity contribution is 6.04. The van der Waals surface area contributed by atoms with Crippen LogP contribution in [-0.2, 0) is 11.3 Å². The summed E-state index contributed by atoms with van der Waals surface area (Å²) in [4.78, 5) is 21.3. The van der Waals surface area contributed by atoms with Gasteiger partial charge in [-0.25, -0.2) is 4.98 Å². The molecule has 0 aliphatic rings. The molecule has 0 unspecified atom stereocenters. The van der Waals surface area contributed by atoms with Crippen molar-refractivity contribution in [2.75, 3.05) is 39.9 Å². The molecule has 200 valence electrons. The van der Waals surface area contributed by atoms with Gasteiger partial charge in [-0.1, -0.05) is 24.3 Å². The van der Waals surface area contributed by atoms with Gasteiger partial charge in [0.1, 0.15) is 18.1 Å². The topological polar surface area (TPSA) is 113 Å². The van der Waals surface area contributed by atoms with Crippen molar-refractivity contribution in [2.45, 2.75) is 6.54 Å². The fraction of sp³-hybridized carbons (Fsp3) is 0.207. The summed E-state index contributed by atoms with van der Waals surface area (Å²) >= 11 is 0. The number of ether oxygens (including phenoxy) is 4. The molecule has 10 heteroatoms. The van der Waals surface area contributed by atoms with E-state index in [2.05, 4.69) is 10.3 Å². The fourth-order valence-corrected chi connectivity index (χ4v) is 4.12. The van der Waals surface area contributed by atoms with Crippen molar-refractivity contribution >= 4 is 22.8 Å². The first-order valence-electron chi connectivity index (χ1n) is 12.3. The second-order valence-corrected chi connectivity index (χ2v) is 8.68. The number of imidazole rings is 1. The number of carbonyl (C=O) groups excluding carboxylic acids is 1. The lowest BCUT2D eigenvalue weighted by molar-refractivity contribution is 0.102. The summed E-state index contributed by atoms with van der Waals surface area (Å²) in [7, 11) is 4.77. The lowest BCUT2D eigenvalue weighted by Gasteiger charge is -2.11. The summed E-state index contributed by atoms with van der Waals surface area (Å²) < 4.78 is 23.2. The quantitative estimate of drug-likeness (QED) is 0.238. The summed E-state index contributed by atoms with van der Waals surface area (Å²) in [5, 5.41) is 7.59. The van der Waals surface area contributed by atoms with Gasteiger partial charge in [0, 0.05) is 18.7 Å². The summed E-state index contributed by atoms with van der Waals surface area (Å²) in [5.74, 6) is 2.46. The number of methoxy groups -OCH3 is 3. The number of anilines is 1. The van der Waals surface area contributed by atoms with Crippen LogP contribution in [0.4, 0.5) is 5.82 Å². The molecule has 0 spiro atoms. The zero-order valence-electron chi connectivity index (χ0n) is 21.9. The predicted molar refractivity (Wildman–Crippen MR) is 148 cm³/mol. The van der Waals surface area contributed by atoms with Crippen molar-refractivity contribution in [1.82, 2.24) is 19.7 Å². The Labute approximate surface area is 225 Å². The van der Waals surface area contributed by atoms with Crippen LogP contribution in [0, 0.1) is 0 Å². The van der Waals surface area contributed by atoms with Crippen molar-refractivity contribution in [2.24, 2.45) is 0 Å². The number of nitrogens with zero attached hydrogens (tertiary/aromatic N) is 3. The lowest BCUT2D eigenvalue weighted by atomic mass is 10.2. The summed E-state index contributed by atoms with van der Waals surface area (Å²) in [5.41, 5.74) is 3.91. The van der Waals surface area contributed by atoms with Gasteiger partial charge in [0.05, 0.1) is 38.4 Å². The molecule has 5 rings (SSSR count). The van der Waals surface area contributed by atoms with Crippen LogP contribution in [0.5, 0.6) is 17.2 Å². The van der Waals surface area contributed by atoms with E-state index >= 15 is 0 Å². The zero-order valence-corrected chi connectivity index (χ0v) is 21.9. The van der Waals surface area contributed by atoms with Gasteiger partial charge >= 0.3 is 0 Å². The minimum absolute atomic E-state index is 0.331. The van der Waals surface area contributed by atoms with Crippen molar-refractivity contribution in [1.29, 1.82) is 0 Å². The van der Waals surface area contributed by atoms with E-state index < -0.39 is 0 Å². The molecule has 3 aromatic carbocycles. The second-order valence-electron chi connectivity index (χ2n) is 8.68. The number of amides is 1. The molecule has 0 aliphatic carbocycles. The van der Waals surface area contributed by atoms with Crippen LogP contribution in [0.2, 0.25) is 0 Å². The molecule has 0 bridgehead atoms. The number of benzene rings is 3. The van der Waals surface area contributed by atoms with Crippen LogP contribution in [0.25, 0.3) is 22.6 Å². The van der Waals surface area contributed by atoms with Crippen LogP contribution < -0.4 is 19.5 Å². The van der Waals surface area contributed by atoms with Gasteiger partial charge in [-0.3, -0.25) is 9.48 Å². The minimum atomic E-state index is -0.331. The van der Waals surface area contributed by atoms with Crippen molar-refractivity contribution in [3.05, 3.63) is 83.9 Å². The molecule has 39 heavy (non-hydrogen) atoms. The van der Waals surface area contributed by atoms with Crippen molar-refractivity contribution in [3.8, 4) is 28.8 Å². The molecule has 0 saturated heterocycles. The van der Waals surface area contributed by atoms with Crippen LogP contribution >= 0.6 is 0 Å². The van der Waals surface area contributed by atoms with E-state index in [9.17, 15) is 4.79 Å². The number of carbonyl (C=O) groups is 1. The highest BCUT2D eigenvalue weighted by Crippen LogP contribution is 2.29. The Morgan fingerprint density at radius 2 is 1.74 bits per heavy atom. The molecule has 1 amide bonds. The first-order valence-corrected chi connectivity index (χ1v) is 12.3. The Morgan fingerprint density at radius 3 is 2.49 bits per heavy atom. The average Bonchev–Trinajstić information content (AvgIpc) is 3.57. The molecule has 2 N–H and O–H groups in total. The average molecular weight is 528 g/mol. The maximum Gasteiger partial charge on any atom is 0.257 e. The minimum Gasteiger partial charge on any atom is -0.497 e. The molecule has 2 aromatic heterocycles. The Hall–Kier alpha value is -4.83. The molecular weight excluding hydrogens is 498 g/mol. The largest absolute Gasteiger partial charge is 0.497 e. The Morgan fingerprint density at radius 1 is 0.923 bits per heavy atom. The van der Waals surface area contributed by atoms with Crippen molar-refractivity contribution in [3.63, 3.8) is 0 Å². The molecule has 0 atom stereocenters. The summed E-state index contributed by atoms with van der Waals surface area (Å²) in [6.07, 6.45) is 0. The number of hydrogen-bond acceptors (Lipinski definition) is 7. The number of aromatic nitrogens is 4. The van der Waals surface area contributed by atoms with Gasteiger partial charge in [0.2, 0.25) is 0 Å². The van der Waals surface area contributed by atoms with Gasteiger partial charge in [0.15, 0.2) is 23.1 Å². The third-order valence-corrected chi connectivity index (χ3v) is 6.12. The highest BCUT2D eigenvalue weighted by Gasteiger charge is 2.18. The Bertz CT molecular complexity index is 1540. The molecular formula is C29H29N5O5. The van der Waals surface area contributed by atoms with Gasteiger partial charge in [0.25, 0.3) is 5.91 Å². The van der Waals surface area contributed by atoms with E-state index in [0.717, 1.165) is 28.0 Å². The molecule has 5 aromatic rings. The number of para-hydroxylation sites is 2. The zero-order chi connectivity index (χ0) is 27.2. The van der Waals surface area contributed by atoms with Crippen LogP contribution in [0.3, 0.4) is 0 Å². The molecule has 0 saturated carbocycles. The molecule has 0 fully saturated rings.